The molecule has 4 nitrogen and oxygen atoms in total. The summed E-state index contributed by atoms with van der Waals surface area (Å²) in [6.07, 6.45) is 2.99. The van der Waals surface area contributed by atoms with E-state index < -0.39 is 0 Å². The third-order valence-corrected chi connectivity index (χ3v) is 4.45. The number of benzene rings is 1. The van der Waals surface area contributed by atoms with Crippen molar-refractivity contribution in [2.24, 2.45) is 5.92 Å². The van der Waals surface area contributed by atoms with Crippen LogP contribution in [0.1, 0.15) is 38.2 Å². The van der Waals surface area contributed by atoms with Crippen molar-refractivity contribution in [3.05, 3.63) is 29.8 Å². The number of hydrogen-bond donors (Lipinski definition) is 2. The smallest absolute Gasteiger partial charge is 0.223 e. The van der Waals surface area contributed by atoms with Gasteiger partial charge in [0.15, 0.2) is 0 Å². The first-order valence-corrected chi connectivity index (χ1v) is 8.37. The van der Waals surface area contributed by atoms with E-state index in [4.69, 9.17) is 0 Å². The van der Waals surface area contributed by atoms with Crippen molar-refractivity contribution in [1.82, 2.24) is 5.32 Å². The van der Waals surface area contributed by atoms with Crippen molar-refractivity contribution >= 4 is 11.6 Å². The zero-order valence-corrected chi connectivity index (χ0v) is 13.7. The number of carbonyl (C=O) groups is 1. The van der Waals surface area contributed by atoms with E-state index in [-0.39, 0.29) is 17.9 Å². The number of likely N-dealkylation sites (N-methyl/N-ethyl adjacent to an activating group) is 1. The van der Waals surface area contributed by atoms with Gasteiger partial charge in [0, 0.05) is 31.2 Å². The van der Waals surface area contributed by atoms with Crippen LogP contribution in [0.2, 0.25) is 0 Å². The molecule has 2 N–H and O–H groups in total. The van der Waals surface area contributed by atoms with Gasteiger partial charge < -0.3 is 15.3 Å². The molecule has 0 spiro atoms. The molecule has 0 aromatic heterocycles. The van der Waals surface area contributed by atoms with E-state index in [2.05, 4.69) is 48.3 Å². The average Bonchev–Trinajstić information content (AvgIpc) is 2.51. The van der Waals surface area contributed by atoms with Crippen molar-refractivity contribution in [1.29, 1.82) is 0 Å². The van der Waals surface area contributed by atoms with Crippen molar-refractivity contribution in [3.8, 4) is 0 Å². The van der Waals surface area contributed by atoms with E-state index in [1.54, 1.807) is 0 Å². The minimum absolute atomic E-state index is 0.0159. The summed E-state index contributed by atoms with van der Waals surface area (Å²) in [4.78, 5) is 14.4. The maximum absolute atomic E-state index is 12.2. The molecular weight excluding hydrogens is 276 g/mol. The van der Waals surface area contributed by atoms with Crippen LogP contribution in [0, 0.1) is 12.8 Å². The predicted molar refractivity (Wildman–Crippen MR) is 90.0 cm³/mol. The zero-order valence-electron chi connectivity index (χ0n) is 13.7. The Kier molecular flexibility index (Phi) is 6.25. The van der Waals surface area contributed by atoms with E-state index in [9.17, 15) is 9.90 Å². The Morgan fingerprint density at radius 1 is 1.41 bits per heavy atom. The molecule has 1 aliphatic rings. The number of carbonyl (C=O) groups excluding carboxylic acids is 1. The summed E-state index contributed by atoms with van der Waals surface area (Å²) in [6, 6.07) is 8.43. The third kappa shape index (κ3) is 4.73. The van der Waals surface area contributed by atoms with Gasteiger partial charge in [0.2, 0.25) is 5.91 Å². The first kappa shape index (κ1) is 16.8. The summed E-state index contributed by atoms with van der Waals surface area (Å²) in [5.74, 6) is 0.0804. The van der Waals surface area contributed by atoms with Gasteiger partial charge in [-0.2, -0.15) is 0 Å². The van der Waals surface area contributed by atoms with Crippen LogP contribution >= 0.6 is 0 Å². The second kappa shape index (κ2) is 8.18. The van der Waals surface area contributed by atoms with Gasteiger partial charge in [-0.15, -0.1) is 0 Å². The van der Waals surface area contributed by atoms with E-state index in [1.807, 2.05) is 0 Å². The molecule has 0 radical (unpaired) electrons. The number of rotatable bonds is 6. The summed E-state index contributed by atoms with van der Waals surface area (Å²) in [6.45, 7) is 6.59. The average molecular weight is 304 g/mol. The summed E-state index contributed by atoms with van der Waals surface area (Å²) in [7, 11) is 0. The molecule has 0 heterocycles. The Balaban J connectivity index is 1.80. The molecule has 1 aliphatic carbocycles. The van der Waals surface area contributed by atoms with Crippen LogP contribution in [-0.2, 0) is 4.79 Å². The van der Waals surface area contributed by atoms with Crippen LogP contribution in [0.25, 0.3) is 0 Å². The number of aryl methyl sites for hydroxylation is 1. The summed E-state index contributed by atoms with van der Waals surface area (Å²) in [5, 5.41) is 12.7. The molecule has 1 aromatic rings. The highest BCUT2D eigenvalue weighted by Gasteiger charge is 2.25. The number of aliphatic hydroxyl groups is 1. The fourth-order valence-corrected chi connectivity index (χ4v) is 3.15. The Bertz CT molecular complexity index is 490. The molecule has 1 fully saturated rings. The molecule has 0 unspecified atom stereocenters. The predicted octanol–water partition coefficient (Wildman–Crippen LogP) is 2.49. The first-order valence-electron chi connectivity index (χ1n) is 8.37. The van der Waals surface area contributed by atoms with Crippen LogP contribution in [-0.4, -0.2) is 36.8 Å². The lowest BCUT2D eigenvalue weighted by molar-refractivity contribution is -0.127. The van der Waals surface area contributed by atoms with Gasteiger partial charge in [0.05, 0.1) is 6.10 Å². The molecule has 0 saturated heterocycles. The Morgan fingerprint density at radius 2 is 2.23 bits per heavy atom. The van der Waals surface area contributed by atoms with Crippen LogP contribution < -0.4 is 10.2 Å². The van der Waals surface area contributed by atoms with Gasteiger partial charge in [-0.3, -0.25) is 4.79 Å². The van der Waals surface area contributed by atoms with Gasteiger partial charge in [-0.1, -0.05) is 18.6 Å². The monoisotopic (exact) mass is 304 g/mol. The van der Waals surface area contributed by atoms with E-state index >= 15 is 0 Å². The Morgan fingerprint density at radius 3 is 2.91 bits per heavy atom. The zero-order chi connectivity index (χ0) is 15.9. The number of anilines is 1. The quantitative estimate of drug-likeness (QED) is 0.849. The van der Waals surface area contributed by atoms with E-state index in [0.29, 0.717) is 13.0 Å². The van der Waals surface area contributed by atoms with E-state index in [1.165, 1.54) is 11.3 Å². The molecule has 1 aromatic carbocycles. The fourth-order valence-electron chi connectivity index (χ4n) is 3.15. The molecule has 22 heavy (non-hydrogen) atoms. The van der Waals surface area contributed by atoms with Crippen molar-refractivity contribution in [2.75, 3.05) is 24.5 Å². The summed E-state index contributed by atoms with van der Waals surface area (Å²) in [5.41, 5.74) is 2.45. The SMILES string of the molecule is CCN(CCNC(=O)[C@H]1CCC[C@@H](O)C1)c1cccc(C)c1. The normalized spacial score (nSPS) is 21.4. The molecular formula is C18H28N2O2. The largest absolute Gasteiger partial charge is 0.393 e. The lowest BCUT2D eigenvalue weighted by Gasteiger charge is -2.26. The van der Waals surface area contributed by atoms with Gasteiger partial charge >= 0.3 is 0 Å². The summed E-state index contributed by atoms with van der Waals surface area (Å²) >= 11 is 0. The lowest BCUT2D eigenvalue weighted by atomic mass is 9.87. The lowest BCUT2D eigenvalue weighted by Crippen LogP contribution is -2.39. The molecule has 1 saturated carbocycles. The highest BCUT2D eigenvalue weighted by Crippen LogP contribution is 2.24. The highest BCUT2D eigenvalue weighted by atomic mass is 16.3. The van der Waals surface area contributed by atoms with Gasteiger partial charge in [0.25, 0.3) is 0 Å². The molecule has 1 amide bonds. The second-order valence-electron chi connectivity index (χ2n) is 6.23. The topological polar surface area (TPSA) is 52.6 Å². The number of nitrogens with zero attached hydrogens (tertiary/aromatic N) is 1. The van der Waals surface area contributed by atoms with Gasteiger partial charge in [-0.25, -0.2) is 0 Å². The van der Waals surface area contributed by atoms with Gasteiger partial charge in [-0.05, 0) is 50.8 Å². The third-order valence-electron chi connectivity index (χ3n) is 4.45. The van der Waals surface area contributed by atoms with Crippen molar-refractivity contribution < 1.29 is 9.90 Å². The van der Waals surface area contributed by atoms with Crippen LogP contribution in [0.5, 0.6) is 0 Å². The summed E-state index contributed by atoms with van der Waals surface area (Å²) < 4.78 is 0. The van der Waals surface area contributed by atoms with Crippen molar-refractivity contribution in [2.45, 2.75) is 45.6 Å². The number of amides is 1. The van der Waals surface area contributed by atoms with Crippen molar-refractivity contribution in [3.63, 3.8) is 0 Å². The maximum Gasteiger partial charge on any atom is 0.223 e. The van der Waals surface area contributed by atoms with Crippen LogP contribution in [0.3, 0.4) is 0 Å². The molecule has 2 atom stereocenters. The second-order valence-corrected chi connectivity index (χ2v) is 6.23. The minimum atomic E-state index is -0.302. The van der Waals surface area contributed by atoms with E-state index in [0.717, 1.165) is 32.4 Å². The number of nitrogens with one attached hydrogen (secondary N) is 1. The molecule has 0 aliphatic heterocycles. The molecule has 122 valence electrons. The van der Waals surface area contributed by atoms with Gasteiger partial charge in [0.1, 0.15) is 0 Å². The number of hydrogen-bond acceptors (Lipinski definition) is 3. The Hall–Kier alpha value is -1.55. The standard InChI is InChI=1S/C18H28N2O2/c1-3-20(16-8-4-6-14(2)12-16)11-10-19-18(22)15-7-5-9-17(21)13-15/h4,6,8,12,15,17,21H,3,5,7,9-11,13H2,1-2H3,(H,19,22)/t15-,17+/m0/s1. The first-order chi connectivity index (χ1) is 10.6. The molecule has 0 bridgehead atoms. The maximum atomic E-state index is 12.2. The fraction of sp³-hybridized carbons (Fsp3) is 0.611. The van der Waals surface area contributed by atoms with Crippen LogP contribution in [0.4, 0.5) is 5.69 Å². The Labute approximate surface area is 133 Å². The highest BCUT2D eigenvalue weighted by molar-refractivity contribution is 5.78. The molecule has 4 heteroatoms. The number of aliphatic hydroxyl groups excluding tert-OH is 1. The van der Waals surface area contributed by atoms with Crippen LogP contribution in [0.15, 0.2) is 24.3 Å². The minimum Gasteiger partial charge on any atom is -0.393 e. The molecule has 2 rings (SSSR count).